The number of hydrogen-bond acceptors (Lipinski definition) is 7. The van der Waals surface area contributed by atoms with E-state index in [0.717, 1.165) is 6.54 Å². The highest BCUT2D eigenvalue weighted by Gasteiger charge is 2.26. The predicted octanol–water partition coefficient (Wildman–Crippen LogP) is 1.52. The minimum atomic E-state index is -0.539. The lowest BCUT2D eigenvalue weighted by atomic mass is 10.1. The molecule has 1 aromatic carbocycles. The van der Waals surface area contributed by atoms with E-state index in [9.17, 15) is 9.90 Å². The molecule has 0 bridgehead atoms. The first kappa shape index (κ1) is 25.5. The van der Waals surface area contributed by atoms with Crippen LogP contribution in [0.25, 0.3) is 0 Å². The highest BCUT2D eigenvalue weighted by Crippen LogP contribution is 2.15. The van der Waals surface area contributed by atoms with Crippen molar-refractivity contribution in [2.75, 3.05) is 73.4 Å². The topological polar surface area (TPSA) is 80.7 Å². The lowest BCUT2D eigenvalue weighted by Crippen LogP contribution is -2.51. The first-order valence-electron chi connectivity index (χ1n) is 10.9. The SMILES string of the molecule is COCCN(C[C@@H]1CN(C[C@H](O)COCC(C)C)CCO1)C(=O)c1ccc(OC)cc1. The summed E-state index contributed by atoms with van der Waals surface area (Å²) < 4.78 is 21.8. The summed E-state index contributed by atoms with van der Waals surface area (Å²) in [5, 5.41) is 10.3. The Bertz CT molecular complexity index is 639. The Kier molecular flexibility index (Phi) is 11.2. The van der Waals surface area contributed by atoms with Gasteiger partial charge in [-0.1, -0.05) is 13.8 Å². The number of β-amino-alcohol motifs (C(OH)–C–C–N with tert-alkyl or cyclic N) is 1. The maximum Gasteiger partial charge on any atom is 0.254 e. The van der Waals surface area contributed by atoms with Crippen molar-refractivity contribution in [1.29, 1.82) is 0 Å². The highest BCUT2D eigenvalue weighted by atomic mass is 16.5. The molecule has 0 radical (unpaired) electrons. The molecule has 1 saturated heterocycles. The molecule has 0 aliphatic carbocycles. The van der Waals surface area contributed by atoms with Gasteiger partial charge in [-0.3, -0.25) is 9.69 Å². The number of morpholine rings is 1. The number of aliphatic hydroxyl groups is 1. The Hall–Kier alpha value is -1.71. The van der Waals surface area contributed by atoms with Gasteiger partial charge in [-0.05, 0) is 30.2 Å². The van der Waals surface area contributed by atoms with Gasteiger partial charge in [0.2, 0.25) is 0 Å². The van der Waals surface area contributed by atoms with Gasteiger partial charge in [0.1, 0.15) is 5.75 Å². The van der Waals surface area contributed by atoms with Crippen molar-refractivity contribution in [3.63, 3.8) is 0 Å². The van der Waals surface area contributed by atoms with E-state index in [1.807, 2.05) is 0 Å². The smallest absolute Gasteiger partial charge is 0.254 e. The average molecular weight is 439 g/mol. The zero-order valence-electron chi connectivity index (χ0n) is 19.3. The number of amides is 1. The van der Waals surface area contributed by atoms with Crippen LogP contribution in [0.5, 0.6) is 5.75 Å². The lowest BCUT2D eigenvalue weighted by Gasteiger charge is -2.36. The Morgan fingerprint density at radius 2 is 2.00 bits per heavy atom. The van der Waals surface area contributed by atoms with E-state index in [1.165, 1.54) is 0 Å². The quantitative estimate of drug-likeness (QED) is 0.500. The monoisotopic (exact) mass is 438 g/mol. The van der Waals surface area contributed by atoms with Crippen molar-refractivity contribution >= 4 is 5.91 Å². The molecule has 2 atom stereocenters. The summed E-state index contributed by atoms with van der Waals surface area (Å²) in [6.45, 7) is 9.04. The van der Waals surface area contributed by atoms with Gasteiger partial charge in [-0.25, -0.2) is 0 Å². The summed E-state index contributed by atoms with van der Waals surface area (Å²) >= 11 is 0. The fourth-order valence-electron chi connectivity index (χ4n) is 3.49. The molecule has 0 aromatic heterocycles. The molecule has 1 aliphatic heterocycles. The second kappa shape index (κ2) is 13.6. The molecule has 2 rings (SSSR count). The second-order valence-corrected chi connectivity index (χ2v) is 8.31. The van der Waals surface area contributed by atoms with Gasteiger partial charge < -0.3 is 29.0 Å². The van der Waals surface area contributed by atoms with Crippen molar-refractivity contribution in [2.24, 2.45) is 5.92 Å². The number of methoxy groups -OCH3 is 2. The number of rotatable bonds is 13. The third kappa shape index (κ3) is 9.13. The summed E-state index contributed by atoms with van der Waals surface area (Å²) in [7, 11) is 3.22. The molecule has 0 spiro atoms. The Morgan fingerprint density at radius 1 is 1.26 bits per heavy atom. The van der Waals surface area contributed by atoms with Crippen molar-refractivity contribution in [3.05, 3.63) is 29.8 Å². The van der Waals surface area contributed by atoms with Crippen LogP contribution in [0.15, 0.2) is 24.3 Å². The molecule has 8 nitrogen and oxygen atoms in total. The van der Waals surface area contributed by atoms with Crippen molar-refractivity contribution in [3.8, 4) is 5.75 Å². The summed E-state index contributed by atoms with van der Waals surface area (Å²) in [6, 6.07) is 7.09. The molecule has 1 aromatic rings. The predicted molar refractivity (Wildman–Crippen MR) is 119 cm³/mol. The second-order valence-electron chi connectivity index (χ2n) is 8.31. The molecule has 1 heterocycles. The fraction of sp³-hybridized carbons (Fsp3) is 0.696. The number of carbonyl (C=O) groups is 1. The van der Waals surface area contributed by atoms with E-state index in [-0.39, 0.29) is 12.0 Å². The molecule has 0 saturated carbocycles. The summed E-state index contributed by atoms with van der Waals surface area (Å²) in [5.74, 6) is 1.09. The van der Waals surface area contributed by atoms with E-state index in [1.54, 1.807) is 43.4 Å². The Balaban J connectivity index is 1.91. The largest absolute Gasteiger partial charge is 0.497 e. The van der Waals surface area contributed by atoms with Crippen molar-refractivity contribution in [2.45, 2.75) is 26.1 Å². The number of carbonyl (C=O) groups excluding carboxylic acids is 1. The Morgan fingerprint density at radius 3 is 2.65 bits per heavy atom. The first-order valence-corrected chi connectivity index (χ1v) is 10.9. The molecule has 1 fully saturated rings. The average Bonchev–Trinajstić information content (AvgIpc) is 2.76. The maximum absolute atomic E-state index is 13.1. The normalized spacial score (nSPS) is 18.2. The molecule has 1 amide bonds. The molecular weight excluding hydrogens is 400 g/mol. The van der Waals surface area contributed by atoms with Crippen molar-refractivity contribution in [1.82, 2.24) is 9.80 Å². The third-order valence-corrected chi connectivity index (χ3v) is 5.07. The van der Waals surface area contributed by atoms with Gasteiger partial charge in [-0.2, -0.15) is 0 Å². The molecule has 1 aliphatic rings. The van der Waals surface area contributed by atoms with Gasteiger partial charge >= 0.3 is 0 Å². The summed E-state index contributed by atoms with van der Waals surface area (Å²) in [4.78, 5) is 17.0. The molecule has 8 heteroatoms. The number of nitrogens with zero attached hydrogens (tertiary/aromatic N) is 2. The van der Waals surface area contributed by atoms with Crippen LogP contribution in [0.1, 0.15) is 24.2 Å². The minimum Gasteiger partial charge on any atom is -0.497 e. The molecule has 176 valence electrons. The summed E-state index contributed by atoms with van der Waals surface area (Å²) in [5.41, 5.74) is 0.599. The maximum atomic E-state index is 13.1. The van der Waals surface area contributed by atoms with Gasteiger partial charge in [0.05, 0.1) is 39.1 Å². The highest BCUT2D eigenvalue weighted by molar-refractivity contribution is 5.94. The lowest BCUT2D eigenvalue weighted by molar-refractivity contribution is -0.0605. The van der Waals surface area contributed by atoms with Crippen LogP contribution in [-0.2, 0) is 14.2 Å². The molecular formula is C23H38N2O6. The van der Waals surface area contributed by atoms with Crippen molar-refractivity contribution < 1.29 is 28.8 Å². The van der Waals surface area contributed by atoms with Crippen LogP contribution in [0.4, 0.5) is 0 Å². The van der Waals surface area contributed by atoms with Crippen LogP contribution < -0.4 is 4.74 Å². The van der Waals surface area contributed by atoms with Crippen LogP contribution in [0, 0.1) is 5.92 Å². The fourth-order valence-corrected chi connectivity index (χ4v) is 3.49. The van der Waals surface area contributed by atoms with E-state index in [4.69, 9.17) is 18.9 Å². The van der Waals surface area contributed by atoms with E-state index in [0.29, 0.717) is 69.8 Å². The van der Waals surface area contributed by atoms with Crippen LogP contribution in [0.3, 0.4) is 0 Å². The van der Waals surface area contributed by atoms with Crippen LogP contribution in [-0.4, -0.2) is 106 Å². The zero-order chi connectivity index (χ0) is 22.6. The van der Waals surface area contributed by atoms with Gasteiger partial charge in [0.15, 0.2) is 0 Å². The standard InChI is InChI=1S/C23H38N2O6/c1-18(2)16-30-17-20(26)13-24-9-12-31-22(14-24)15-25(10-11-28-3)23(27)19-5-7-21(29-4)8-6-19/h5-8,18,20,22,26H,9-17H2,1-4H3/t20-,22-/m0/s1. The Labute approximate surface area is 186 Å². The van der Waals surface area contributed by atoms with Gasteiger partial charge in [0, 0.05) is 52.0 Å². The van der Waals surface area contributed by atoms with E-state index in [2.05, 4.69) is 18.7 Å². The third-order valence-electron chi connectivity index (χ3n) is 5.07. The number of hydrogen-bond donors (Lipinski definition) is 1. The van der Waals surface area contributed by atoms with Gasteiger partial charge in [0.25, 0.3) is 5.91 Å². The number of aliphatic hydroxyl groups excluding tert-OH is 1. The molecule has 0 unspecified atom stereocenters. The molecule has 31 heavy (non-hydrogen) atoms. The van der Waals surface area contributed by atoms with Crippen LogP contribution in [0.2, 0.25) is 0 Å². The van der Waals surface area contributed by atoms with Crippen LogP contribution >= 0.6 is 0 Å². The first-order chi connectivity index (χ1) is 14.9. The molecule has 1 N–H and O–H groups in total. The summed E-state index contributed by atoms with van der Waals surface area (Å²) in [6.07, 6.45) is -0.667. The minimum absolute atomic E-state index is 0.0671. The zero-order valence-corrected chi connectivity index (χ0v) is 19.3. The van der Waals surface area contributed by atoms with E-state index < -0.39 is 6.10 Å². The van der Waals surface area contributed by atoms with E-state index >= 15 is 0 Å². The number of benzene rings is 1. The van der Waals surface area contributed by atoms with Gasteiger partial charge in [-0.15, -0.1) is 0 Å². The number of ether oxygens (including phenoxy) is 4.